The van der Waals surface area contributed by atoms with Crippen LogP contribution in [0.2, 0.25) is 0 Å². The normalized spacial score (nSPS) is 14.5. The van der Waals surface area contributed by atoms with Crippen LogP contribution in [0, 0.1) is 20.8 Å². The van der Waals surface area contributed by atoms with E-state index >= 15 is 0 Å². The molecule has 8 heteroatoms. The lowest BCUT2D eigenvalue weighted by Crippen LogP contribution is -2.49. The Hall–Kier alpha value is -3.39. The molecule has 0 spiro atoms. The van der Waals surface area contributed by atoms with Crippen LogP contribution in [0.15, 0.2) is 52.3 Å². The van der Waals surface area contributed by atoms with Crippen LogP contribution in [-0.2, 0) is 9.59 Å². The number of aryl methyl sites for hydroxylation is 3. The first-order chi connectivity index (χ1) is 16.8. The SMILES string of the molecule is Cc1ccc(N(C(=O)CNC(=O)c2cccs2)[C@@H](C(=O)NC2CCCC2)c2ccc(C)o2)c(C)c1. The highest BCUT2D eigenvalue weighted by Crippen LogP contribution is 2.32. The Morgan fingerprint density at radius 1 is 1.09 bits per heavy atom. The van der Waals surface area contributed by atoms with Crippen LogP contribution in [0.4, 0.5) is 5.69 Å². The zero-order valence-electron chi connectivity index (χ0n) is 20.3. The fourth-order valence-corrected chi connectivity index (χ4v) is 5.19. The number of furan rings is 1. The van der Waals surface area contributed by atoms with Crippen molar-refractivity contribution >= 4 is 34.7 Å². The van der Waals surface area contributed by atoms with Gasteiger partial charge in [-0.1, -0.05) is 36.6 Å². The minimum atomic E-state index is -1.00. The molecule has 0 aliphatic heterocycles. The van der Waals surface area contributed by atoms with Crippen LogP contribution in [-0.4, -0.2) is 30.3 Å². The highest BCUT2D eigenvalue weighted by molar-refractivity contribution is 7.12. The molecule has 3 amide bonds. The van der Waals surface area contributed by atoms with E-state index in [1.165, 1.54) is 16.2 Å². The summed E-state index contributed by atoms with van der Waals surface area (Å²) < 4.78 is 5.89. The molecule has 0 bridgehead atoms. The van der Waals surface area contributed by atoms with Gasteiger partial charge in [0.1, 0.15) is 11.5 Å². The first-order valence-electron chi connectivity index (χ1n) is 11.9. The van der Waals surface area contributed by atoms with Gasteiger partial charge in [0, 0.05) is 11.7 Å². The molecule has 1 aliphatic carbocycles. The van der Waals surface area contributed by atoms with Crippen molar-refractivity contribution in [3.63, 3.8) is 0 Å². The molecule has 3 aromatic rings. The van der Waals surface area contributed by atoms with E-state index in [-0.39, 0.29) is 24.4 Å². The van der Waals surface area contributed by atoms with Crippen molar-refractivity contribution in [1.29, 1.82) is 0 Å². The van der Waals surface area contributed by atoms with Crippen molar-refractivity contribution in [1.82, 2.24) is 10.6 Å². The summed E-state index contributed by atoms with van der Waals surface area (Å²) in [5.41, 5.74) is 2.50. The zero-order chi connectivity index (χ0) is 24.9. The van der Waals surface area contributed by atoms with Gasteiger partial charge in [-0.3, -0.25) is 19.3 Å². The summed E-state index contributed by atoms with van der Waals surface area (Å²) in [7, 11) is 0. The Balaban J connectivity index is 1.69. The number of nitrogens with zero attached hydrogens (tertiary/aromatic N) is 1. The number of rotatable bonds is 8. The van der Waals surface area contributed by atoms with E-state index in [2.05, 4.69) is 10.6 Å². The average molecular weight is 494 g/mol. The minimum Gasteiger partial charge on any atom is -0.464 e. The highest BCUT2D eigenvalue weighted by atomic mass is 32.1. The Kier molecular flexibility index (Phi) is 7.70. The second kappa shape index (κ2) is 10.9. The first kappa shape index (κ1) is 24.7. The number of amides is 3. The molecule has 0 radical (unpaired) electrons. The van der Waals surface area contributed by atoms with E-state index in [4.69, 9.17) is 4.42 Å². The molecule has 1 saturated carbocycles. The number of hydrogen-bond acceptors (Lipinski definition) is 5. The van der Waals surface area contributed by atoms with Gasteiger partial charge < -0.3 is 15.1 Å². The Morgan fingerprint density at radius 2 is 1.86 bits per heavy atom. The van der Waals surface area contributed by atoms with Gasteiger partial charge in [-0.15, -0.1) is 11.3 Å². The molecule has 4 rings (SSSR count). The van der Waals surface area contributed by atoms with Gasteiger partial charge in [-0.25, -0.2) is 0 Å². The third-order valence-electron chi connectivity index (χ3n) is 6.26. The number of anilines is 1. The Labute approximate surface area is 209 Å². The van der Waals surface area contributed by atoms with Crippen LogP contribution in [0.1, 0.15) is 64.0 Å². The maximum atomic E-state index is 13.7. The third-order valence-corrected chi connectivity index (χ3v) is 7.13. The predicted molar refractivity (Wildman–Crippen MR) is 137 cm³/mol. The van der Waals surface area contributed by atoms with E-state index in [0.29, 0.717) is 22.1 Å². The topological polar surface area (TPSA) is 91.7 Å². The summed E-state index contributed by atoms with van der Waals surface area (Å²) in [5, 5.41) is 7.65. The van der Waals surface area contributed by atoms with Gasteiger partial charge in [0.2, 0.25) is 5.91 Å². The van der Waals surface area contributed by atoms with E-state index < -0.39 is 11.9 Å². The molecule has 0 unspecified atom stereocenters. The number of benzene rings is 1. The minimum absolute atomic E-state index is 0.0793. The van der Waals surface area contributed by atoms with Crippen molar-refractivity contribution in [2.24, 2.45) is 0 Å². The molecule has 1 aromatic carbocycles. The molecular weight excluding hydrogens is 462 g/mol. The Bertz CT molecular complexity index is 1190. The largest absolute Gasteiger partial charge is 0.464 e. The van der Waals surface area contributed by atoms with Crippen LogP contribution >= 0.6 is 11.3 Å². The fourth-order valence-electron chi connectivity index (χ4n) is 4.55. The van der Waals surface area contributed by atoms with E-state index in [9.17, 15) is 14.4 Å². The fraction of sp³-hybridized carbons (Fsp3) is 0.370. The number of carbonyl (C=O) groups is 3. The summed E-state index contributed by atoms with van der Waals surface area (Å²) in [5.74, 6) is 0.0231. The molecule has 0 saturated heterocycles. The summed E-state index contributed by atoms with van der Waals surface area (Å²) in [6.45, 7) is 5.44. The van der Waals surface area contributed by atoms with Crippen LogP contribution in [0.5, 0.6) is 0 Å². The lowest BCUT2D eigenvalue weighted by Gasteiger charge is -2.32. The van der Waals surface area contributed by atoms with E-state index in [0.717, 1.165) is 36.8 Å². The molecule has 2 N–H and O–H groups in total. The summed E-state index contributed by atoms with van der Waals surface area (Å²) in [6, 6.07) is 11.8. The summed E-state index contributed by atoms with van der Waals surface area (Å²) >= 11 is 1.30. The lowest BCUT2D eigenvalue weighted by molar-refractivity contribution is -0.127. The van der Waals surface area contributed by atoms with Crippen LogP contribution in [0.25, 0.3) is 0 Å². The van der Waals surface area contributed by atoms with E-state index in [1.54, 1.807) is 36.6 Å². The number of nitrogens with one attached hydrogen (secondary N) is 2. The molecule has 7 nitrogen and oxygen atoms in total. The highest BCUT2D eigenvalue weighted by Gasteiger charge is 2.37. The molecule has 2 heterocycles. The smallest absolute Gasteiger partial charge is 0.261 e. The van der Waals surface area contributed by atoms with Gasteiger partial charge in [0.05, 0.1) is 11.4 Å². The van der Waals surface area contributed by atoms with Crippen LogP contribution < -0.4 is 15.5 Å². The molecular formula is C27H31N3O4S. The standard InChI is InChI=1S/C27H31N3O4S/c1-17-10-12-21(18(2)15-17)30(24(31)16-28-26(32)23-9-6-14-35-23)25(22-13-11-19(3)34-22)27(33)29-20-7-4-5-8-20/h6,9-15,20,25H,4-5,7-8,16H2,1-3H3,(H,28,32)(H,29,33)/t25-/m1/s1. The molecule has 35 heavy (non-hydrogen) atoms. The molecule has 1 aliphatic rings. The monoisotopic (exact) mass is 493 g/mol. The number of hydrogen-bond donors (Lipinski definition) is 2. The van der Waals surface area contributed by atoms with Crippen molar-refractivity contribution < 1.29 is 18.8 Å². The second-order valence-electron chi connectivity index (χ2n) is 9.05. The van der Waals surface area contributed by atoms with Crippen molar-refractivity contribution in [3.8, 4) is 0 Å². The zero-order valence-corrected chi connectivity index (χ0v) is 21.1. The van der Waals surface area contributed by atoms with Gasteiger partial charge in [0.15, 0.2) is 6.04 Å². The van der Waals surface area contributed by atoms with Gasteiger partial charge in [0.25, 0.3) is 11.8 Å². The molecule has 1 fully saturated rings. The van der Waals surface area contributed by atoms with Crippen molar-refractivity contribution in [2.45, 2.75) is 58.5 Å². The maximum Gasteiger partial charge on any atom is 0.261 e. The average Bonchev–Trinajstić information content (AvgIpc) is 3.59. The molecule has 184 valence electrons. The van der Waals surface area contributed by atoms with Gasteiger partial charge in [-0.2, -0.15) is 0 Å². The summed E-state index contributed by atoms with van der Waals surface area (Å²) in [4.78, 5) is 41.9. The van der Waals surface area contributed by atoms with Crippen LogP contribution in [0.3, 0.4) is 0 Å². The quantitative estimate of drug-likeness (QED) is 0.470. The number of thiophene rings is 1. The molecule has 2 aromatic heterocycles. The Morgan fingerprint density at radius 3 is 2.49 bits per heavy atom. The first-order valence-corrected chi connectivity index (χ1v) is 12.8. The van der Waals surface area contributed by atoms with Gasteiger partial charge in [-0.05, 0) is 68.8 Å². The predicted octanol–water partition coefficient (Wildman–Crippen LogP) is 4.83. The second-order valence-corrected chi connectivity index (χ2v) is 10.0. The lowest BCUT2D eigenvalue weighted by atomic mass is 10.0. The number of carbonyl (C=O) groups excluding carboxylic acids is 3. The van der Waals surface area contributed by atoms with Gasteiger partial charge >= 0.3 is 0 Å². The summed E-state index contributed by atoms with van der Waals surface area (Å²) in [6.07, 6.45) is 3.99. The maximum absolute atomic E-state index is 13.7. The molecule has 1 atom stereocenters. The van der Waals surface area contributed by atoms with Crippen molar-refractivity contribution in [2.75, 3.05) is 11.4 Å². The van der Waals surface area contributed by atoms with Crippen molar-refractivity contribution in [3.05, 3.63) is 75.4 Å². The third kappa shape index (κ3) is 5.82. The van der Waals surface area contributed by atoms with E-state index in [1.807, 2.05) is 32.0 Å².